The predicted molar refractivity (Wildman–Crippen MR) is 118 cm³/mol. The van der Waals surface area contributed by atoms with Crippen LogP contribution in [0.25, 0.3) is 21.7 Å². The number of hydrogen-bond donors (Lipinski definition) is 1. The minimum atomic E-state index is -0.358. The molecule has 2 N–H and O–H groups in total. The quantitative estimate of drug-likeness (QED) is 0.219. The number of benzene rings is 3. The van der Waals surface area contributed by atoms with E-state index in [-0.39, 0.29) is 5.63 Å². The van der Waals surface area contributed by atoms with Gasteiger partial charge >= 0.3 is 5.63 Å². The normalized spacial score (nSPS) is 12.0. The van der Waals surface area contributed by atoms with Gasteiger partial charge in [-0.05, 0) is 59.5 Å². The zero-order valence-electron chi connectivity index (χ0n) is 15.7. The van der Waals surface area contributed by atoms with Gasteiger partial charge < -0.3 is 10.2 Å². The second-order valence-electron chi connectivity index (χ2n) is 6.84. The molecule has 5 heteroatoms. The fraction of sp³-hybridized carbons (Fsp3) is 0.130. The molecule has 140 valence electrons. The molecule has 0 radical (unpaired) electrons. The molecule has 0 spiro atoms. The number of rotatable bonds is 3. The van der Waals surface area contributed by atoms with Crippen LogP contribution in [0, 0.1) is 13.8 Å². The number of fused-ring (bicyclic) bond motifs is 3. The molecule has 4 nitrogen and oxygen atoms in total. The SMILES string of the molecule is Cc1cc(C)cc(N=C(N)SCc2cc(=O)oc3ccc4ccccc4c23)c1. The van der Waals surface area contributed by atoms with E-state index in [2.05, 4.69) is 11.1 Å². The van der Waals surface area contributed by atoms with Crippen LogP contribution in [0.1, 0.15) is 16.7 Å². The summed E-state index contributed by atoms with van der Waals surface area (Å²) in [6, 6.07) is 19.5. The molecule has 0 bridgehead atoms. The van der Waals surface area contributed by atoms with Gasteiger partial charge in [0.15, 0.2) is 5.17 Å². The Morgan fingerprint density at radius 2 is 1.79 bits per heavy atom. The fourth-order valence-electron chi connectivity index (χ4n) is 3.46. The van der Waals surface area contributed by atoms with Crippen LogP contribution >= 0.6 is 11.8 Å². The summed E-state index contributed by atoms with van der Waals surface area (Å²) < 4.78 is 5.41. The number of thioether (sulfide) groups is 1. The molecule has 0 amide bonds. The van der Waals surface area contributed by atoms with Crippen LogP contribution in [0.4, 0.5) is 5.69 Å². The van der Waals surface area contributed by atoms with Crippen LogP contribution in [0.2, 0.25) is 0 Å². The van der Waals surface area contributed by atoms with E-state index in [0.717, 1.165) is 38.5 Å². The highest BCUT2D eigenvalue weighted by Gasteiger charge is 2.10. The highest BCUT2D eigenvalue weighted by Crippen LogP contribution is 2.29. The van der Waals surface area contributed by atoms with Crippen molar-refractivity contribution in [1.29, 1.82) is 0 Å². The Kier molecular flexibility index (Phi) is 4.92. The summed E-state index contributed by atoms with van der Waals surface area (Å²) in [7, 11) is 0. The molecule has 0 fully saturated rings. The minimum absolute atomic E-state index is 0.358. The Morgan fingerprint density at radius 3 is 2.57 bits per heavy atom. The van der Waals surface area contributed by atoms with E-state index < -0.39 is 0 Å². The lowest BCUT2D eigenvalue weighted by Gasteiger charge is -2.08. The van der Waals surface area contributed by atoms with Gasteiger partial charge in [0.05, 0.1) is 5.69 Å². The van der Waals surface area contributed by atoms with E-state index in [4.69, 9.17) is 10.2 Å². The fourth-order valence-corrected chi connectivity index (χ4v) is 4.16. The molecule has 0 atom stereocenters. The van der Waals surface area contributed by atoms with Gasteiger partial charge in [0.1, 0.15) is 5.58 Å². The summed E-state index contributed by atoms with van der Waals surface area (Å²) in [4.78, 5) is 16.5. The van der Waals surface area contributed by atoms with Crippen LogP contribution in [0.5, 0.6) is 0 Å². The standard InChI is InChI=1S/C23H20N2O2S/c1-14-9-15(2)11-18(10-14)25-23(24)28-13-17-12-21(26)27-20-8-7-16-5-3-4-6-19(16)22(17)20/h3-12H,13H2,1-2H3,(H2,24,25). The Labute approximate surface area is 167 Å². The lowest BCUT2D eigenvalue weighted by molar-refractivity contribution is 0.560. The van der Waals surface area contributed by atoms with Crippen LogP contribution in [-0.2, 0) is 5.75 Å². The van der Waals surface area contributed by atoms with Crippen LogP contribution in [0.3, 0.4) is 0 Å². The minimum Gasteiger partial charge on any atom is -0.423 e. The monoisotopic (exact) mass is 388 g/mol. The Morgan fingerprint density at radius 1 is 1.04 bits per heavy atom. The third-order valence-corrected chi connectivity index (χ3v) is 5.38. The second-order valence-corrected chi connectivity index (χ2v) is 7.83. The van der Waals surface area contributed by atoms with E-state index >= 15 is 0 Å². The number of nitrogens with two attached hydrogens (primary N) is 1. The highest BCUT2D eigenvalue weighted by molar-refractivity contribution is 8.13. The number of aryl methyl sites for hydroxylation is 2. The molecule has 0 aliphatic rings. The van der Waals surface area contributed by atoms with Gasteiger partial charge in [-0.15, -0.1) is 0 Å². The van der Waals surface area contributed by atoms with E-state index in [1.165, 1.54) is 11.8 Å². The molecule has 28 heavy (non-hydrogen) atoms. The van der Waals surface area contributed by atoms with Crippen molar-refractivity contribution >= 4 is 44.4 Å². The molecule has 4 aromatic rings. The molecule has 0 unspecified atom stereocenters. The smallest absolute Gasteiger partial charge is 0.336 e. The van der Waals surface area contributed by atoms with Crippen molar-refractivity contribution in [1.82, 2.24) is 0 Å². The van der Waals surface area contributed by atoms with Crippen molar-refractivity contribution in [2.75, 3.05) is 0 Å². The summed E-state index contributed by atoms with van der Waals surface area (Å²) in [6.45, 7) is 4.08. The molecule has 3 aromatic carbocycles. The number of aliphatic imine (C=N–C) groups is 1. The topological polar surface area (TPSA) is 68.6 Å². The molecule has 0 saturated heterocycles. The predicted octanol–water partition coefficient (Wildman–Crippen LogP) is 5.44. The Bertz CT molecular complexity index is 1250. The first kappa shape index (κ1) is 18.3. The third-order valence-electron chi connectivity index (χ3n) is 4.54. The van der Waals surface area contributed by atoms with Gasteiger partial charge in [0.2, 0.25) is 0 Å². The van der Waals surface area contributed by atoms with Crippen molar-refractivity contribution in [3.63, 3.8) is 0 Å². The zero-order valence-corrected chi connectivity index (χ0v) is 16.5. The van der Waals surface area contributed by atoms with E-state index in [1.807, 2.05) is 62.4 Å². The first-order chi connectivity index (χ1) is 13.5. The van der Waals surface area contributed by atoms with Gasteiger partial charge in [0, 0.05) is 17.2 Å². The number of amidine groups is 1. The van der Waals surface area contributed by atoms with Crippen molar-refractivity contribution in [3.8, 4) is 0 Å². The lowest BCUT2D eigenvalue weighted by atomic mass is 10.0. The molecule has 1 heterocycles. The number of hydrogen-bond acceptors (Lipinski definition) is 4. The summed E-state index contributed by atoms with van der Waals surface area (Å²) in [5.41, 5.74) is 10.4. The maximum Gasteiger partial charge on any atom is 0.336 e. The molecule has 0 saturated carbocycles. The van der Waals surface area contributed by atoms with Gasteiger partial charge in [-0.3, -0.25) is 0 Å². The maximum atomic E-state index is 12.0. The van der Waals surface area contributed by atoms with Crippen molar-refractivity contribution in [2.24, 2.45) is 10.7 Å². The van der Waals surface area contributed by atoms with E-state index in [0.29, 0.717) is 16.5 Å². The van der Waals surface area contributed by atoms with Crippen LogP contribution < -0.4 is 11.4 Å². The van der Waals surface area contributed by atoms with Gasteiger partial charge in [0.25, 0.3) is 0 Å². The van der Waals surface area contributed by atoms with E-state index in [9.17, 15) is 4.79 Å². The average molecular weight is 388 g/mol. The maximum absolute atomic E-state index is 12.0. The third kappa shape index (κ3) is 3.80. The molecular formula is C23H20N2O2S. The van der Waals surface area contributed by atoms with Crippen molar-refractivity contribution in [3.05, 3.63) is 87.8 Å². The van der Waals surface area contributed by atoms with Gasteiger partial charge in [-0.1, -0.05) is 48.2 Å². The van der Waals surface area contributed by atoms with Crippen LogP contribution in [0.15, 0.2) is 74.9 Å². The average Bonchev–Trinajstić information content (AvgIpc) is 2.64. The van der Waals surface area contributed by atoms with Gasteiger partial charge in [-0.2, -0.15) is 0 Å². The van der Waals surface area contributed by atoms with Crippen molar-refractivity contribution < 1.29 is 4.42 Å². The van der Waals surface area contributed by atoms with Gasteiger partial charge in [-0.25, -0.2) is 9.79 Å². The molecular weight excluding hydrogens is 368 g/mol. The van der Waals surface area contributed by atoms with Crippen molar-refractivity contribution in [2.45, 2.75) is 19.6 Å². The Balaban J connectivity index is 1.70. The summed E-state index contributed by atoms with van der Waals surface area (Å²) in [5, 5.41) is 3.58. The first-order valence-electron chi connectivity index (χ1n) is 8.99. The largest absolute Gasteiger partial charge is 0.423 e. The van der Waals surface area contributed by atoms with E-state index in [1.54, 1.807) is 6.07 Å². The summed E-state index contributed by atoms with van der Waals surface area (Å²) >= 11 is 1.42. The lowest BCUT2D eigenvalue weighted by Crippen LogP contribution is -2.07. The Hall–Kier alpha value is -3.05. The summed E-state index contributed by atoms with van der Waals surface area (Å²) in [6.07, 6.45) is 0. The molecule has 0 aliphatic heterocycles. The zero-order chi connectivity index (χ0) is 19.7. The number of nitrogens with zero attached hydrogens (tertiary/aromatic N) is 1. The highest BCUT2D eigenvalue weighted by atomic mass is 32.2. The molecule has 0 aliphatic carbocycles. The first-order valence-corrected chi connectivity index (χ1v) is 9.98. The van der Waals surface area contributed by atoms with Crippen LogP contribution in [-0.4, -0.2) is 5.17 Å². The second kappa shape index (κ2) is 7.52. The molecule has 1 aromatic heterocycles. The summed E-state index contributed by atoms with van der Waals surface area (Å²) in [5.74, 6) is 0.538. The molecule has 4 rings (SSSR count).